The summed E-state index contributed by atoms with van der Waals surface area (Å²) in [6, 6.07) is 0. The van der Waals surface area contributed by atoms with E-state index in [1.54, 1.807) is 29.7 Å². The second-order valence-corrected chi connectivity index (χ2v) is 7.54. The number of carbonyl (C=O) groups excluding carboxylic acids is 2. The molecule has 0 saturated heterocycles. The van der Waals surface area contributed by atoms with Gasteiger partial charge in [-0.05, 0) is 36.4 Å². The smallest absolute Gasteiger partial charge is 0.276 e. The van der Waals surface area contributed by atoms with Gasteiger partial charge in [0.1, 0.15) is 5.69 Å². The van der Waals surface area contributed by atoms with Crippen LogP contribution in [0.15, 0.2) is 18.6 Å². The van der Waals surface area contributed by atoms with Crippen molar-refractivity contribution in [1.29, 1.82) is 0 Å². The molecule has 3 aromatic rings. The maximum atomic E-state index is 12.7. The van der Waals surface area contributed by atoms with Crippen molar-refractivity contribution in [2.45, 2.75) is 26.8 Å². The summed E-state index contributed by atoms with van der Waals surface area (Å²) in [6.07, 6.45) is 5.16. The SMILES string of the molecule is Cc1nn(CCC(=O)Nc2cnn(C)c2C(=O)Nc2cnn(C)c2C)cc1I. The second-order valence-electron chi connectivity index (χ2n) is 6.38. The minimum atomic E-state index is -0.372. The lowest BCUT2D eigenvalue weighted by Gasteiger charge is -2.09. The van der Waals surface area contributed by atoms with E-state index in [1.807, 2.05) is 20.0 Å². The first-order valence-corrected chi connectivity index (χ1v) is 9.65. The number of halogens is 1. The molecule has 0 aliphatic rings. The highest BCUT2D eigenvalue weighted by Crippen LogP contribution is 2.19. The zero-order valence-electron chi connectivity index (χ0n) is 16.0. The monoisotopic (exact) mass is 496 g/mol. The van der Waals surface area contributed by atoms with E-state index in [0.29, 0.717) is 17.9 Å². The van der Waals surface area contributed by atoms with Crippen LogP contribution in [0.4, 0.5) is 11.4 Å². The van der Waals surface area contributed by atoms with Crippen LogP contribution in [0.5, 0.6) is 0 Å². The molecular formula is C17H21IN8O2. The maximum Gasteiger partial charge on any atom is 0.276 e. The van der Waals surface area contributed by atoms with Crippen molar-refractivity contribution in [2.24, 2.45) is 14.1 Å². The van der Waals surface area contributed by atoms with E-state index in [1.165, 1.54) is 10.9 Å². The highest BCUT2D eigenvalue weighted by Gasteiger charge is 2.20. The Labute approximate surface area is 175 Å². The van der Waals surface area contributed by atoms with Crippen LogP contribution in [0, 0.1) is 17.4 Å². The molecule has 0 atom stereocenters. The summed E-state index contributed by atoms with van der Waals surface area (Å²) in [4.78, 5) is 25.0. The maximum absolute atomic E-state index is 12.7. The van der Waals surface area contributed by atoms with Crippen LogP contribution in [-0.4, -0.2) is 41.2 Å². The zero-order chi connectivity index (χ0) is 20.4. The molecule has 3 aromatic heterocycles. The summed E-state index contributed by atoms with van der Waals surface area (Å²) in [5.74, 6) is -0.591. The van der Waals surface area contributed by atoms with Crippen LogP contribution < -0.4 is 10.6 Å². The van der Waals surface area contributed by atoms with Crippen LogP contribution in [0.3, 0.4) is 0 Å². The van der Waals surface area contributed by atoms with Gasteiger partial charge in [0, 0.05) is 33.3 Å². The second kappa shape index (κ2) is 8.12. The zero-order valence-corrected chi connectivity index (χ0v) is 18.2. The number of nitrogens with zero attached hydrogens (tertiary/aromatic N) is 6. The minimum absolute atomic E-state index is 0.220. The predicted molar refractivity (Wildman–Crippen MR) is 112 cm³/mol. The summed E-state index contributed by atoms with van der Waals surface area (Å²) < 4.78 is 5.88. The molecule has 148 valence electrons. The standard InChI is InChI=1S/C17H21IN8O2/c1-10-12(18)9-26(23-10)6-5-15(27)21-14-8-20-25(4)16(14)17(28)22-13-7-19-24(3)11(13)2/h7-9H,5-6H2,1-4H3,(H,21,27)(H,22,28). The number of aryl methyl sites for hydroxylation is 4. The summed E-state index contributed by atoms with van der Waals surface area (Å²) >= 11 is 2.20. The molecule has 2 amide bonds. The van der Waals surface area contributed by atoms with Gasteiger partial charge in [-0.2, -0.15) is 15.3 Å². The fraction of sp³-hybridized carbons (Fsp3) is 0.353. The largest absolute Gasteiger partial charge is 0.323 e. The van der Waals surface area contributed by atoms with Crippen molar-refractivity contribution in [3.63, 3.8) is 0 Å². The molecule has 10 nitrogen and oxygen atoms in total. The Morgan fingerprint density at radius 2 is 1.75 bits per heavy atom. The average Bonchev–Trinajstić information content (AvgIpc) is 3.27. The molecule has 0 aliphatic carbocycles. The molecule has 0 aromatic carbocycles. The fourth-order valence-corrected chi connectivity index (χ4v) is 3.07. The highest BCUT2D eigenvalue weighted by atomic mass is 127. The predicted octanol–water partition coefficient (Wildman–Crippen LogP) is 1.85. The molecule has 3 heterocycles. The summed E-state index contributed by atoms with van der Waals surface area (Å²) in [6.45, 7) is 4.22. The molecule has 0 spiro atoms. The molecule has 0 unspecified atom stereocenters. The van der Waals surface area contributed by atoms with Crippen molar-refractivity contribution in [2.75, 3.05) is 10.6 Å². The van der Waals surface area contributed by atoms with E-state index >= 15 is 0 Å². The molecule has 0 aliphatic heterocycles. The van der Waals surface area contributed by atoms with Gasteiger partial charge >= 0.3 is 0 Å². The van der Waals surface area contributed by atoms with Gasteiger partial charge in [-0.1, -0.05) is 0 Å². The topological polar surface area (TPSA) is 112 Å². The van der Waals surface area contributed by atoms with Gasteiger partial charge in [-0.25, -0.2) is 0 Å². The number of carbonyl (C=O) groups is 2. The quantitative estimate of drug-likeness (QED) is 0.506. The minimum Gasteiger partial charge on any atom is -0.323 e. The number of nitrogens with one attached hydrogen (secondary N) is 2. The Morgan fingerprint density at radius 3 is 2.36 bits per heavy atom. The first kappa shape index (κ1) is 20.0. The number of aromatic nitrogens is 6. The van der Waals surface area contributed by atoms with Gasteiger partial charge in [0.05, 0.1) is 38.7 Å². The molecule has 3 rings (SSSR count). The lowest BCUT2D eigenvalue weighted by Crippen LogP contribution is -2.21. The van der Waals surface area contributed by atoms with E-state index in [4.69, 9.17) is 0 Å². The van der Waals surface area contributed by atoms with Crippen LogP contribution in [0.25, 0.3) is 0 Å². The molecule has 28 heavy (non-hydrogen) atoms. The number of hydrogen-bond acceptors (Lipinski definition) is 5. The Balaban J connectivity index is 1.67. The van der Waals surface area contributed by atoms with Gasteiger partial charge in [0.25, 0.3) is 5.91 Å². The van der Waals surface area contributed by atoms with Crippen molar-refractivity contribution < 1.29 is 9.59 Å². The lowest BCUT2D eigenvalue weighted by atomic mass is 10.3. The molecule has 2 N–H and O–H groups in total. The number of hydrogen-bond donors (Lipinski definition) is 2. The normalized spacial score (nSPS) is 10.9. The fourth-order valence-electron chi connectivity index (χ4n) is 2.64. The van der Waals surface area contributed by atoms with Gasteiger partial charge in [0.15, 0.2) is 0 Å². The number of anilines is 2. The van der Waals surface area contributed by atoms with Gasteiger partial charge in [0.2, 0.25) is 5.91 Å². The Bertz CT molecular complexity index is 1010. The molecule has 0 fully saturated rings. The third-order valence-electron chi connectivity index (χ3n) is 4.37. The molecule has 0 radical (unpaired) electrons. The van der Waals surface area contributed by atoms with Crippen molar-refractivity contribution in [3.05, 3.63) is 39.2 Å². The third kappa shape index (κ3) is 4.24. The van der Waals surface area contributed by atoms with Gasteiger partial charge < -0.3 is 10.6 Å². The summed E-state index contributed by atoms with van der Waals surface area (Å²) in [5, 5.41) is 18.1. The highest BCUT2D eigenvalue weighted by molar-refractivity contribution is 14.1. The Hall–Kier alpha value is -2.70. The molecule has 0 saturated carbocycles. The molecule has 0 bridgehead atoms. The van der Waals surface area contributed by atoms with E-state index in [0.717, 1.165) is 15.0 Å². The van der Waals surface area contributed by atoms with E-state index in [-0.39, 0.29) is 23.9 Å². The molecule has 11 heteroatoms. The summed E-state index contributed by atoms with van der Waals surface area (Å²) in [7, 11) is 3.44. The van der Waals surface area contributed by atoms with Gasteiger partial charge in [-0.3, -0.25) is 23.6 Å². The molecular weight excluding hydrogens is 475 g/mol. The summed E-state index contributed by atoms with van der Waals surface area (Å²) in [5.41, 5.74) is 2.98. The Morgan fingerprint density at radius 1 is 1.07 bits per heavy atom. The van der Waals surface area contributed by atoms with Crippen LogP contribution in [-0.2, 0) is 25.4 Å². The number of rotatable bonds is 6. The first-order valence-electron chi connectivity index (χ1n) is 8.57. The third-order valence-corrected chi connectivity index (χ3v) is 5.42. The van der Waals surface area contributed by atoms with Gasteiger partial charge in [-0.15, -0.1) is 0 Å². The van der Waals surface area contributed by atoms with E-state index in [2.05, 4.69) is 48.5 Å². The van der Waals surface area contributed by atoms with E-state index in [9.17, 15) is 9.59 Å². The van der Waals surface area contributed by atoms with Crippen LogP contribution in [0.1, 0.15) is 28.3 Å². The van der Waals surface area contributed by atoms with Crippen molar-refractivity contribution in [1.82, 2.24) is 29.3 Å². The Kier molecular flexibility index (Phi) is 5.82. The van der Waals surface area contributed by atoms with Crippen LogP contribution >= 0.6 is 22.6 Å². The van der Waals surface area contributed by atoms with Crippen molar-refractivity contribution >= 4 is 45.8 Å². The van der Waals surface area contributed by atoms with Crippen LogP contribution in [0.2, 0.25) is 0 Å². The average molecular weight is 496 g/mol. The lowest BCUT2D eigenvalue weighted by molar-refractivity contribution is -0.116. The van der Waals surface area contributed by atoms with Crippen molar-refractivity contribution in [3.8, 4) is 0 Å². The first-order chi connectivity index (χ1) is 13.3. The number of amides is 2. The van der Waals surface area contributed by atoms with E-state index < -0.39 is 0 Å².